The Morgan fingerprint density at radius 3 is 2.64 bits per heavy atom. The van der Waals surface area contributed by atoms with Crippen LogP contribution in [0.5, 0.6) is 0 Å². The molecular weight excluding hydrogens is 196 g/mol. The van der Waals surface area contributed by atoms with Crippen LogP contribution in [0, 0.1) is 0 Å². The molecule has 1 aromatic rings. The average molecular weight is 214 g/mol. The van der Waals surface area contributed by atoms with Crippen LogP contribution in [0.15, 0.2) is 0 Å². The van der Waals surface area contributed by atoms with Crippen molar-refractivity contribution >= 4 is 16.5 Å². The third-order valence-corrected chi connectivity index (χ3v) is 3.31. The third kappa shape index (κ3) is 2.92. The number of rotatable bonds is 5. The molecule has 0 radical (unpaired) electrons. The quantitative estimate of drug-likeness (QED) is 0.727. The first-order chi connectivity index (χ1) is 6.56. The molecule has 4 nitrogen and oxygen atoms in total. The van der Waals surface area contributed by atoms with Gasteiger partial charge in [0, 0.05) is 5.41 Å². The van der Waals surface area contributed by atoms with Crippen LogP contribution in [0.3, 0.4) is 0 Å². The molecule has 0 atom stereocenters. The van der Waals surface area contributed by atoms with E-state index in [2.05, 4.69) is 36.3 Å². The Bertz CT molecular complexity index is 282. The van der Waals surface area contributed by atoms with Crippen LogP contribution in [-0.2, 0) is 5.41 Å². The Kier molecular flexibility index (Phi) is 3.83. The van der Waals surface area contributed by atoms with E-state index < -0.39 is 0 Å². The van der Waals surface area contributed by atoms with E-state index in [9.17, 15) is 0 Å². The van der Waals surface area contributed by atoms with E-state index in [-0.39, 0.29) is 5.41 Å². The smallest absolute Gasteiger partial charge is 0.203 e. The summed E-state index contributed by atoms with van der Waals surface area (Å²) in [6.45, 7) is 8.46. The summed E-state index contributed by atoms with van der Waals surface area (Å²) in [5.74, 6) is 0. The van der Waals surface area contributed by atoms with Crippen LogP contribution in [0.25, 0.3) is 0 Å². The lowest BCUT2D eigenvalue weighted by atomic mass is 9.90. The van der Waals surface area contributed by atoms with Gasteiger partial charge in [-0.1, -0.05) is 32.1 Å². The molecule has 0 aliphatic rings. The van der Waals surface area contributed by atoms with Crippen molar-refractivity contribution < 1.29 is 0 Å². The highest BCUT2D eigenvalue weighted by Crippen LogP contribution is 2.29. The molecule has 0 saturated heterocycles. The zero-order chi connectivity index (χ0) is 10.6. The SMILES string of the molecule is CCNCCC(C)(C)c1nnc(N)s1. The van der Waals surface area contributed by atoms with E-state index in [1.807, 2.05) is 0 Å². The summed E-state index contributed by atoms with van der Waals surface area (Å²) in [5, 5.41) is 12.8. The van der Waals surface area contributed by atoms with Gasteiger partial charge in [0.2, 0.25) is 5.13 Å². The fourth-order valence-corrected chi connectivity index (χ4v) is 1.93. The molecule has 0 unspecified atom stereocenters. The molecular formula is C9H18N4S. The molecule has 0 bridgehead atoms. The molecule has 0 spiro atoms. The summed E-state index contributed by atoms with van der Waals surface area (Å²) < 4.78 is 0. The number of nitrogens with two attached hydrogens (primary N) is 1. The molecule has 1 heterocycles. The second kappa shape index (κ2) is 4.70. The lowest BCUT2D eigenvalue weighted by molar-refractivity contribution is 0.456. The van der Waals surface area contributed by atoms with Crippen molar-refractivity contribution in [3.63, 3.8) is 0 Å². The van der Waals surface area contributed by atoms with Crippen molar-refractivity contribution in [1.29, 1.82) is 0 Å². The lowest BCUT2D eigenvalue weighted by Gasteiger charge is -2.20. The van der Waals surface area contributed by atoms with Crippen LogP contribution in [0.2, 0.25) is 0 Å². The van der Waals surface area contributed by atoms with Crippen molar-refractivity contribution in [3.8, 4) is 0 Å². The fraction of sp³-hybridized carbons (Fsp3) is 0.778. The maximum atomic E-state index is 5.56. The summed E-state index contributed by atoms with van der Waals surface area (Å²) in [6, 6.07) is 0. The molecule has 3 N–H and O–H groups in total. The molecule has 0 aliphatic heterocycles. The molecule has 1 rings (SSSR count). The van der Waals surface area contributed by atoms with Gasteiger partial charge in [-0.05, 0) is 19.5 Å². The summed E-state index contributed by atoms with van der Waals surface area (Å²) >= 11 is 1.48. The number of hydrogen-bond acceptors (Lipinski definition) is 5. The second-order valence-corrected chi connectivity index (χ2v) is 4.94. The summed E-state index contributed by atoms with van der Waals surface area (Å²) in [7, 11) is 0. The summed E-state index contributed by atoms with van der Waals surface area (Å²) in [6.07, 6.45) is 1.05. The Balaban J connectivity index is 2.56. The van der Waals surface area contributed by atoms with Crippen molar-refractivity contribution in [2.24, 2.45) is 0 Å². The van der Waals surface area contributed by atoms with Gasteiger partial charge in [0.1, 0.15) is 5.01 Å². The number of anilines is 1. The molecule has 0 aliphatic carbocycles. The Morgan fingerprint density at radius 1 is 1.43 bits per heavy atom. The van der Waals surface area contributed by atoms with E-state index >= 15 is 0 Å². The fourth-order valence-electron chi connectivity index (χ4n) is 1.19. The standard InChI is InChI=1S/C9H18N4S/c1-4-11-6-5-9(2,3)7-12-13-8(10)14-7/h11H,4-6H2,1-3H3,(H2,10,13). The minimum atomic E-state index is 0.0669. The van der Waals surface area contributed by atoms with Gasteiger partial charge in [0.05, 0.1) is 0 Å². The van der Waals surface area contributed by atoms with Gasteiger partial charge in [-0.3, -0.25) is 0 Å². The molecule has 0 fully saturated rings. The maximum Gasteiger partial charge on any atom is 0.203 e. The zero-order valence-electron chi connectivity index (χ0n) is 9.00. The topological polar surface area (TPSA) is 63.8 Å². The first-order valence-electron chi connectivity index (χ1n) is 4.86. The first kappa shape index (κ1) is 11.4. The van der Waals surface area contributed by atoms with Gasteiger partial charge in [-0.2, -0.15) is 0 Å². The highest BCUT2D eigenvalue weighted by Gasteiger charge is 2.24. The van der Waals surface area contributed by atoms with Crippen molar-refractivity contribution in [2.45, 2.75) is 32.6 Å². The second-order valence-electron chi connectivity index (χ2n) is 3.93. The molecule has 0 amide bonds. The molecule has 5 heteroatoms. The third-order valence-electron chi connectivity index (χ3n) is 2.20. The summed E-state index contributed by atoms with van der Waals surface area (Å²) in [5.41, 5.74) is 5.63. The van der Waals surface area contributed by atoms with Gasteiger partial charge in [0.15, 0.2) is 0 Å². The van der Waals surface area contributed by atoms with Gasteiger partial charge in [-0.15, -0.1) is 10.2 Å². The van der Waals surface area contributed by atoms with E-state index in [0.717, 1.165) is 24.5 Å². The van der Waals surface area contributed by atoms with Crippen molar-refractivity contribution in [3.05, 3.63) is 5.01 Å². The zero-order valence-corrected chi connectivity index (χ0v) is 9.82. The number of hydrogen-bond donors (Lipinski definition) is 2. The number of aromatic nitrogens is 2. The molecule has 1 aromatic heterocycles. The van der Waals surface area contributed by atoms with E-state index in [4.69, 9.17) is 5.73 Å². The summed E-state index contributed by atoms with van der Waals surface area (Å²) in [4.78, 5) is 0. The minimum Gasteiger partial charge on any atom is -0.374 e. The average Bonchev–Trinajstić information content (AvgIpc) is 2.53. The predicted molar refractivity (Wildman–Crippen MR) is 60.5 cm³/mol. The molecule has 80 valence electrons. The monoisotopic (exact) mass is 214 g/mol. The van der Waals surface area contributed by atoms with Crippen LogP contribution >= 0.6 is 11.3 Å². The number of nitrogen functional groups attached to an aromatic ring is 1. The van der Waals surface area contributed by atoms with Gasteiger partial charge in [-0.25, -0.2) is 0 Å². The Hall–Kier alpha value is -0.680. The van der Waals surface area contributed by atoms with Crippen LogP contribution in [-0.4, -0.2) is 23.3 Å². The highest BCUT2D eigenvalue weighted by molar-refractivity contribution is 7.15. The number of nitrogens with one attached hydrogen (secondary N) is 1. The van der Waals surface area contributed by atoms with Crippen LogP contribution < -0.4 is 11.1 Å². The minimum absolute atomic E-state index is 0.0669. The number of nitrogens with zero attached hydrogens (tertiary/aromatic N) is 2. The van der Waals surface area contributed by atoms with Crippen molar-refractivity contribution in [1.82, 2.24) is 15.5 Å². The van der Waals surface area contributed by atoms with Gasteiger partial charge < -0.3 is 11.1 Å². The lowest BCUT2D eigenvalue weighted by Crippen LogP contribution is -2.25. The molecule has 0 aromatic carbocycles. The van der Waals surface area contributed by atoms with Crippen LogP contribution in [0.1, 0.15) is 32.2 Å². The first-order valence-corrected chi connectivity index (χ1v) is 5.68. The maximum absolute atomic E-state index is 5.56. The Morgan fingerprint density at radius 2 is 2.14 bits per heavy atom. The van der Waals surface area contributed by atoms with E-state index in [1.165, 1.54) is 11.3 Å². The normalized spacial score (nSPS) is 11.9. The van der Waals surface area contributed by atoms with E-state index in [1.54, 1.807) is 0 Å². The van der Waals surface area contributed by atoms with Gasteiger partial charge >= 0.3 is 0 Å². The Labute approximate surface area is 88.9 Å². The molecule has 14 heavy (non-hydrogen) atoms. The van der Waals surface area contributed by atoms with Crippen LogP contribution in [0.4, 0.5) is 5.13 Å². The highest BCUT2D eigenvalue weighted by atomic mass is 32.1. The molecule has 0 saturated carbocycles. The van der Waals surface area contributed by atoms with E-state index in [0.29, 0.717) is 5.13 Å². The van der Waals surface area contributed by atoms with Gasteiger partial charge in [0.25, 0.3) is 0 Å². The predicted octanol–water partition coefficient (Wildman–Crippen LogP) is 1.40. The largest absolute Gasteiger partial charge is 0.374 e. The van der Waals surface area contributed by atoms with Crippen molar-refractivity contribution in [2.75, 3.05) is 18.8 Å².